The van der Waals surface area contributed by atoms with Gasteiger partial charge in [0.1, 0.15) is 5.82 Å². The van der Waals surface area contributed by atoms with Gasteiger partial charge < -0.3 is 10.1 Å². The van der Waals surface area contributed by atoms with Gasteiger partial charge in [-0.25, -0.2) is 4.39 Å². The molecule has 0 saturated heterocycles. The number of amides is 1. The molecule has 0 spiro atoms. The molecule has 0 saturated carbocycles. The molecule has 0 aliphatic rings. The highest BCUT2D eigenvalue weighted by Gasteiger charge is 2.09. The summed E-state index contributed by atoms with van der Waals surface area (Å²) >= 11 is 7.17. The first-order valence-electron chi connectivity index (χ1n) is 6.47. The van der Waals surface area contributed by atoms with E-state index in [2.05, 4.69) is 5.32 Å². The second-order valence-electron chi connectivity index (χ2n) is 4.42. The van der Waals surface area contributed by atoms with E-state index >= 15 is 0 Å². The Morgan fingerprint density at radius 2 is 2.14 bits per heavy atom. The highest BCUT2D eigenvalue weighted by Crippen LogP contribution is 2.19. The van der Waals surface area contributed by atoms with Gasteiger partial charge in [0, 0.05) is 10.6 Å². The lowest BCUT2D eigenvalue weighted by atomic mass is 10.3. The van der Waals surface area contributed by atoms with Crippen molar-refractivity contribution in [3.05, 3.63) is 51.4 Å². The van der Waals surface area contributed by atoms with Crippen LogP contribution in [0, 0.1) is 5.82 Å². The number of carbonyl (C=O) groups is 2. The number of anilines is 1. The van der Waals surface area contributed by atoms with Crippen LogP contribution in [0.3, 0.4) is 0 Å². The predicted octanol–water partition coefficient (Wildman–Crippen LogP) is 3.66. The first-order chi connectivity index (χ1) is 10.5. The summed E-state index contributed by atoms with van der Waals surface area (Å²) in [6.07, 6.45) is 0.807. The number of aryl methyl sites for hydroxylation is 1. The Balaban J connectivity index is 1.72. The number of thiophene rings is 1. The van der Waals surface area contributed by atoms with Gasteiger partial charge in [0.05, 0.1) is 11.4 Å². The van der Waals surface area contributed by atoms with Gasteiger partial charge >= 0.3 is 5.97 Å². The van der Waals surface area contributed by atoms with Gasteiger partial charge in [-0.3, -0.25) is 9.59 Å². The van der Waals surface area contributed by atoms with Crippen molar-refractivity contribution < 1.29 is 18.7 Å². The van der Waals surface area contributed by atoms with Gasteiger partial charge in [-0.05, 0) is 36.1 Å². The quantitative estimate of drug-likeness (QED) is 0.816. The van der Waals surface area contributed by atoms with Crippen molar-refractivity contribution in [3.8, 4) is 0 Å². The van der Waals surface area contributed by atoms with Gasteiger partial charge in [0.2, 0.25) is 0 Å². The summed E-state index contributed by atoms with van der Waals surface area (Å²) in [5, 5.41) is 4.31. The Morgan fingerprint density at radius 3 is 2.82 bits per heavy atom. The van der Waals surface area contributed by atoms with Crippen LogP contribution in [0.4, 0.5) is 10.1 Å². The summed E-state index contributed by atoms with van der Waals surface area (Å²) in [7, 11) is 0. The van der Waals surface area contributed by atoms with Crippen LogP contribution >= 0.6 is 22.9 Å². The maximum absolute atomic E-state index is 13.0. The number of nitrogens with one attached hydrogen (secondary N) is 1. The Hall–Kier alpha value is -1.92. The molecule has 1 aromatic heterocycles. The number of esters is 1. The third-order valence-corrected chi connectivity index (χ3v) is 3.95. The van der Waals surface area contributed by atoms with Crippen LogP contribution in [0.5, 0.6) is 0 Å². The highest BCUT2D eigenvalue weighted by molar-refractivity contribution is 7.09. The average molecular weight is 342 g/mol. The zero-order chi connectivity index (χ0) is 15.9. The van der Waals surface area contributed by atoms with E-state index in [-0.39, 0.29) is 11.4 Å². The molecule has 22 heavy (non-hydrogen) atoms. The number of hydrogen-bond acceptors (Lipinski definition) is 4. The monoisotopic (exact) mass is 341 g/mol. The predicted molar refractivity (Wildman–Crippen MR) is 83.6 cm³/mol. The maximum atomic E-state index is 13.0. The second-order valence-corrected chi connectivity index (χ2v) is 5.86. The summed E-state index contributed by atoms with van der Waals surface area (Å²) in [5.41, 5.74) is 0.339. The number of hydrogen-bond donors (Lipinski definition) is 1. The van der Waals surface area contributed by atoms with Crippen LogP contribution in [0.2, 0.25) is 5.02 Å². The van der Waals surface area contributed by atoms with Crippen molar-refractivity contribution in [1.82, 2.24) is 0 Å². The summed E-state index contributed by atoms with van der Waals surface area (Å²) < 4.78 is 17.9. The molecule has 2 aromatic rings. The smallest absolute Gasteiger partial charge is 0.306 e. The molecule has 1 aromatic carbocycles. The van der Waals surface area contributed by atoms with Crippen molar-refractivity contribution in [3.63, 3.8) is 0 Å². The SMILES string of the molecule is O=C(COC(=O)CCc1cccs1)Nc1ccc(F)c(Cl)c1. The van der Waals surface area contributed by atoms with E-state index in [1.165, 1.54) is 12.1 Å². The average Bonchev–Trinajstić information content (AvgIpc) is 3.00. The molecule has 116 valence electrons. The first-order valence-corrected chi connectivity index (χ1v) is 7.73. The lowest BCUT2D eigenvalue weighted by molar-refractivity contribution is -0.147. The molecule has 0 radical (unpaired) electrons. The summed E-state index contributed by atoms with van der Waals surface area (Å²) in [6.45, 7) is -0.391. The molecule has 1 amide bonds. The van der Waals surface area contributed by atoms with Crippen molar-refractivity contribution in [2.45, 2.75) is 12.8 Å². The van der Waals surface area contributed by atoms with E-state index in [0.717, 1.165) is 10.9 Å². The van der Waals surface area contributed by atoms with Crippen molar-refractivity contribution in [1.29, 1.82) is 0 Å². The van der Waals surface area contributed by atoms with Crippen LogP contribution < -0.4 is 5.32 Å². The minimum Gasteiger partial charge on any atom is -0.456 e. The topological polar surface area (TPSA) is 55.4 Å². The van der Waals surface area contributed by atoms with Gasteiger partial charge in [-0.1, -0.05) is 17.7 Å². The van der Waals surface area contributed by atoms with Crippen molar-refractivity contribution in [2.24, 2.45) is 0 Å². The zero-order valence-electron chi connectivity index (χ0n) is 11.5. The highest BCUT2D eigenvalue weighted by atomic mass is 35.5. The minimum absolute atomic E-state index is 0.0919. The number of carbonyl (C=O) groups excluding carboxylic acids is 2. The normalized spacial score (nSPS) is 10.3. The molecule has 2 rings (SSSR count). The van der Waals surface area contributed by atoms with Gasteiger partial charge in [-0.2, -0.15) is 0 Å². The molecule has 7 heteroatoms. The lowest BCUT2D eigenvalue weighted by Crippen LogP contribution is -2.21. The Morgan fingerprint density at radius 1 is 1.32 bits per heavy atom. The van der Waals surface area contributed by atoms with Gasteiger partial charge in [0.15, 0.2) is 6.61 Å². The molecule has 0 fully saturated rings. The molecule has 4 nitrogen and oxygen atoms in total. The molecule has 0 atom stereocenters. The molecule has 0 bridgehead atoms. The zero-order valence-corrected chi connectivity index (χ0v) is 13.0. The molecule has 1 heterocycles. The van der Waals surface area contributed by atoms with E-state index in [4.69, 9.17) is 16.3 Å². The Kier molecular flexibility index (Phi) is 5.91. The number of ether oxygens (including phenoxy) is 1. The second kappa shape index (κ2) is 7.91. The third kappa shape index (κ3) is 5.13. The Bertz CT molecular complexity index is 661. The number of rotatable bonds is 6. The van der Waals surface area contributed by atoms with Gasteiger partial charge in [0.25, 0.3) is 5.91 Å². The largest absolute Gasteiger partial charge is 0.456 e. The molecule has 0 unspecified atom stereocenters. The van der Waals surface area contributed by atoms with Crippen molar-refractivity contribution in [2.75, 3.05) is 11.9 Å². The van der Waals surface area contributed by atoms with E-state index in [1.807, 2.05) is 17.5 Å². The fourth-order valence-corrected chi connectivity index (χ4v) is 2.56. The number of benzene rings is 1. The fourth-order valence-electron chi connectivity index (χ4n) is 1.67. The summed E-state index contributed by atoms with van der Waals surface area (Å²) in [4.78, 5) is 24.2. The summed E-state index contributed by atoms with van der Waals surface area (Å²) in [5.74, 6) is -1.52. The van der Waals surface area contributed by atoms with E-state index < -0.39 is 24.3 Å². The van der Waals surface area contributed by atoms with Crippen LogP contribution in [-0.4, -0.2) is 18.5 Å². The van der Waals surface area contributed by atoms with Crippen LogP contribution in [0.25, 0.3) is 0 Å². The van der Waals surface area contributed by atoms with E-state index in [9.17, 15) is 14.0 Å². The molecule has 1 N–H and O–H groups in total. The van der Waals surface area contributed by atoms with Crippen LogP contribution in [0.15, 0.2) is 35.7 Å². The maximum Gasteiger partial charge on any atom is 0.306 e. The standard InChI is InChI=1S/C15H13ClFNO3S/c16-12-8-10(3-5-13(12)17)18-14(19)9-21-15(20)6-4-11-2-1-7-22-11/h1-3,5,7-8H,4,6,9H2,(H,18,19). The Labute approximate surface area is 135 Å². The first kappa shape index (κ1) is 16.5. The molecule has 0 aliphatic carbocycles. The van der Waals surface area contributed by atoms with Gasteiger partial charge in [-0.15, -0.1) is 11.3 Å². The van der Waals surface area contributed by atoms with Crippen LogP contribution in [-0.2, 0) is 20.7 Å². The van der Waals surface area contributed by atoms with Crippen molar-refractivity contribution >= 4 is 40.5 Å². The van der Waals surface area contributed by atoms with E-state index in [0.29, 0.717) is 12.1 Å². The lowest BCUT2D eigenvalue weighted by Gasteiger charge is -2.07. The summed E-state index contributed by atoms with van der Waals surface area (Å²) in [6, 6.07) is 7.64. The molecular formula is C15H13ClFNO3S. The molecule has 0 aliphatic heterocycles. The molecular weight excluding hydrogens is 329 g/mol. The van der Waals surface area contributed by atoms with E-state index in [1.54, 1.807) is 11.3 Å². The fraction of sp³-hybridized carbons (Fsp3) is 0.200. The number of halogens is 2. The third-order valence-electron chi connectivity index (χ3n) is 2.72. The van der Waals surface area contributed by atoms with Crippen LogP contribution in [0.1, 0.15) is 11.3 Å². The minimum atomic E-state index is -0.570.